The summed E-state index contributed by atoms with van der Waals surface area (Å²) in [5.41, 5.74) is 0.802. The van der Waals surface area contributed by atoms with E-state index in [2.05, 4.69) is 5.32 Å². The average molecular weight is 425 g/mol. The van der Waals surface area contributed by atoms with Gasteiger partial charge in [0.2, 0.25) is 11.8 Å². The van der Waals surface area contributed by atoms with Crippen molar-refractivity contribution in [1.29, 1.82) is 0 Å². The Hall–Kier alpha value is -2.11. The van der Waals surface area contributed by atoms with Gasteiger partial charge in [-0.05, 0) is 44.5 Å². The van der Waals surface area contributed by atoms with E-state index < -0.39 is 17.8 Å². The van der Waals surface area contributed by atoms with Crippen LogP contribution in [0.4, 0.5) is 4.39 Å². The van der Waals surface area contributed by atoms with Gasteiger partial charge in [0.1, 0.15) is 11.9 Å². The molecule has 0 fully saturated rings. The molecule has 0 spiro atoms. The van der Waals surface area contributed by atoms with Gasteiger partial charge in [0, 0.05) is 28.2 Å². The van der Waals surface area contributed by atoms with Crippen molar-refractivity contribution in [3.63, 3.8) is 0 Å². The molecule has 0 aliphatic carbocycles. The number of benzene rings is 2. The highest BCUT2D eigenvalue weighted by Gasteiger charge is 2.28. The lowest BCUT2D eigenvalue weighted by Gasteiger charge is -2.30. The number of carbonyl (C=O) groups excluding carboxylic acids is 2. The molecule has 2 aromatic carbocycles. The lowest BCUT2D eigenvalue weighted by molar-refractivity contribution is -0.140. The first-order valence-corrected chi connectivity index (χ1v) is 9.72. The minimum Gasteiger partial charge on any atom is -0.352 e. The van der Waals surface area contributed by atoms with E-state index >= 15 is 0 Å². The summed E-state index contributed by atoms with van der Waals surface area (Å²) in [6, 6.07) is 10.5. The van der Waals surface area contributed by atoms with E-state index in [9.17, 15) is 14.0 Å². The van der Waals surface area contributed by atoms with Crippen molar-refractivity contribution >= 4 is 35.0 Å². The quantitative estimate of drug-likeness (QED) is 0.704. The van der Waals surface area contributed by atoms with Gasteiger partial charge in [-0.1, -0.05) is 47.5 Å². The molecule has 0 aliphatic heterocycles. The van der Waals surface area contributed by atoms with Crippen molar-refractivity contribution in [3.05, 3.63) is 69.5 Å². The average Bonchev–Trinajstić information content (AvgIpc) is 2.63. The predicted molar refractivity (Wildman–Crippen MR) is 110 cm³/mol. The smallest absolute Gasteiger partial charge is 0.242 e. The van der Waals surface area contributed by atoms with Gasteiger partial charge in [-0.3, -0.25) is 9.59 Å². The van der Waals surface area contributed by atoms with Crippen molar-refractivity contribution in [2.45, 2.75) is 45.8 Å². The maximum Gasteiger partial charge on any atom is 0.242 e. The first-order chi connectivity index (χ1) is 13.2. The molecule has 0 saturated carbocycles. The van der Waals surface area contributed by atoms with Crippen LogP contribution in [0.15, 0.2) is 42.5 Å². The maximum atomic E-state index is 14.1. The Morgan fingerprint density at radius 1 is 1.04 bits per heavy atom. The second-order valence-corrected chi connectivity index (χ2v) is 7.64. The summed E-state index contributed by atoms with van der Waals surface area (Å²) in [5.74, 6) is -1.27. The van der Waals surface area contributed by atoms with Crippen LogP contribution in [0.2, 0.25) is 10.0 Å². The number of amides is 2. The van der Waals surface area contributed by atoms with Gasteiger partial charge in [-0.25, -0.2) is 4.39 Å². The van der Waals surface area contributed by atoms with Crippen molar-refractivity contribution < 1.29 is 14.0 Å². The summed E-state index contributed by atoms with van der Waals surface area (Å²) in [4.78, 5) is 27.0. The first kappa shape index (κ1) is 22.2. The summed E-state index contributed by atoms with van der Waals surface area (Å²) in [7, 11) is 0. The SMILES string of the molecule is CC(C)NC(=O)[C@H](C)N(Cc1ccccc1Cl)C(=O)Cc1c(F)cccc1Cl. The van der Waals surface area contributed by atoms with Gasteiger partial charge in [0.15, 0.2) is 0 Å². The van der Waals surface area contributed by atoms with Gasteiger partial charge in [0.05, 0.1) is 6.42 Å². The molecule has 0 aliphatic rings. The van der Waals surface area contributed by atoms with Crippen LogP contribution in [-0.2, 0) is 22.6 Å². The van der Waals surface area contributed by atoms with E-state index in [-0.39, 0.29) is 35.5 Å². The Labute approximate surface area is 174 Å². The summed E-state index contributed by atoms with van der Waals surface area (Å²) in [5, 5.41) is 3.46. The molecule has 1 N–H and O–H groups in total. The van der Waals surface area contributed by atoms with Gasteiger partial charge in [-0.15, -0.1) is 0 Å². The second-order valence-electron chi connectivity index (χ2n) is 6.83. The van der Waals surface area contributed by atoms with Crippen LogP contribution in [-0.4, -0.2) is 28.8 Å². The molecular formula is C21H23Cl2FN2O2. The normalized spacial score (nSPS) is 12.0. The maximum absolute atomic E-state index is 14.1. The Morgan fingerprint density at radius 2 is 1.68 bits per heavy atom. The molecule has 0 aromatic heterocycles. The Bertz CT molecular complexity index is 838. The highest BCUT2D eigenvalue weighted by Crippen LogP contribution is 2.23. The van der Waals surface area contributed by atoms with E-state index in [1.807, 2.05) is 13.8 Å². The van der Waals surface area contributed by atoms with Crippen molar-refractivity contribution in [2.75, 3.05) is 0 Å². The fourth-order valence-corrected chi connectivity index (χ4v) is 3.18. The van der Waals surface area contributed by atoms with E-state index in [0.29, 0.717) is 10.6 Å². The monoisotopic (exact) mass is 424 g/mol. The number of halogens is 3. The van der Waals surface area contributed by atoms with Crippen LogP contribution < -0.4 is 5.32 Å². The molecule has 2 rings (SSSR count). The predicted octanol–water partition coefficient (Wildman–Crippen LogP) is 4.62. The Balaban J connectivity index is 2.32. The fourth-order valence-electron chi connectivity index (χ4n) is 2.75. The minimum atomic E-state index is -0.767. The van der Waals surface area contributed by atoms with Crippen LogP contribution in [0, 0.1) is 5.82 Å². The third kappa shape index (κ3) is 5.69. The fraction of sp³-hybridized carbons (Fsp3) is 0.333. The molecule has 28 heavy (non-hydrogen) atoms. The van der Waals surface area contributed by atoms with Gasteiger partial charge in [-0.2, -0.15) is 0 Å². The molecule has 0 saturated heterocycles. The van der Waals surface area contributed by atoms with Crippen molar-refractivity contribution in [2.24, 2.45) is 0 Å². The molecule has 1 atom stereocenters. The van der Waals surface area contributed by atoms with Crippen molar-refractivity contribution in [1.82, 2.24) is 10.2 Å². The zero-order valence-corrected chi connectivity index (χ0v) is 17.5. The van der Waals surface area contributed by atoms with E-state index in [4.69, 9.17) is 23.2 Å². The Morgan fingerprint density at radius 3 is 2.29 bits per heavy atom. The molecule has 2 amide bonds. The highest BCUT2D eigenvalue weighted by molar-refractivity contribution is 6.31. The van der Waals surface area contributed by atoms with Crippen LogP contribution in [0.1, 0.15) is 31.9 Å². The number of hydrogen-bond acceptors (Lipinski definition) is 2. The van der Waals surface area contributed by atoms with Gasteiger partial charge >= 0.3 is 0 Å². The van der Waals surface area contributed by atoms with E-state index in [1.54, 1.807) is 31.2 Å². The van der Waals surface area contributed by atoms with Crippen molar-refractivity contribution in [3.8, 4) is 0 Å². The van der Waals surface area contributed by atoms with Crippen LogP contribution >= 0.6 is 23.2 Å². The summed E-state index contributed by atoms with van der Waals surface area (Å²) >= 11 is 12.3. The molecule has 4 nitrogen and oxygen atoms in total. The second kappa shape index (κ2) is 9.89. The number of nitrogens with zero attached hydrogens (tertiary/aromatic N) is 1. The number of carbonyl (C=O) groups is 2. The molecule has 2 aromatic rings. The van der Waals surface area contributed by atoms with E-state index in [1.165, 1.54) is 23.1 Å². The first-order valence-electron chi connectivity index (χ1n) is 8.96. The molecule has 0 bridgehead atoms. The third-order valence-corrected chi connectivity index (χ3v) is 5.01. The molecule has 150 valence electrons. The van der Waals surface area contributed by atoms with Gasteiger partial charge < -0.3 is 10.2 Å². The van der Waals surface area contributed by atoms with E-state index in [0.717, 1.165) is 0 Å². The number of rotatable bonds is 7. The zero-order valence-electron chi connectivity index (χ0n) is 16.0. The summed E-state index contributed by atoms with van der Waals surface area (Å²) < 4.78 is 14.1. The standard InChI is InChI=1S/C21H23Cl2FN2O2/c1-13(2)25-21(28)14(3)26(12-15-7-4-5-8-17(15)22)20(27)11-16-18(23)9-6-10-19(16)24/h4-10,13-14H,11-12H2,1-3H3,(H,25,28)/t14-/m0/s1. The zero-order chi connectivity index (χ0) is 20.8. The van der Waals surface area contributed by atoms with Gasteiger partial charge in [0.25, 0.3) is 0 Å². The molecule has 7 heteroatoms. The van der Waals surface area contributed by atoms with Crippen LogP contribution in [0.25, 0.3) is 0 Å². The lowest BCUT2D eigenvalue weighted by atomic mass is 10.1. The molecule has 0 radical (unpaired) electrons. The van der Waals surface area contributed by atoms with Crippen LogP contribution in [0.5, 0.6) is 0 Å². The summed E-state index contributed by atoms with van der Waals surface area (Å²) in [6.45, 7) is 5.43. The number of hydrogen-bond donors (Lipinski definition) is 1. The highest BCUT2D eigenvalue weighted by atomic mass is 35.5. The minimum absolute atomic E-state index is 0.0757. The lowest BCUT2D eigenvalue weighted by Crippen LogP contribution is -2.49. The molecule has 0 heterocycles. The largest absolute Gasteiger partial charge is 0.352 e. The van der Waals surface area contributed by atoms with Crippen LogP contribution in [0.3, 0.4) is 0 Å². The summed E-state index contributed by atoms with van der Waals surface area (Å²) in [6.07, 6.45) is -0.255. The number of nitrogens with one attached hydrogen (secondary N) is 1. The third-order valence-electron chi connectivity index (χ3n) is 4.29. The molecule has 0 unspecified atom stereocenters. The topological polar surface area (TPSA) is 49.4 Å². The Kier molecular flexibility index (Phi) is 7.84. The molecular weight excluding hydrogens is 402 g/mol.